The van der Waals surface area contributed by atoms with Crippen molar-refractivity contribution in [2.24, 2.45) is 0 Å². The van der Waals surface area contributed by atoms with E-state index in [-0.39, 0.29) is 28.6 Å². The Kier molecular flexibility index (Phi) is 16.2. The summed E-state index contributed by atoms with van der Waals surface area (Å²) < 4.78 is 23.2. The number of benzene rings is 3. The minimum absolute atomic E-state index is 0. The van der Waals surface area contributed by atoms with Crippen LogP contribution >= 0.6 is 102 Å². The summed E-state index contributed by atoms with van der Waals surface area (Å²) in [5, 5.41) is 3.69. The summed E-state index contributed by atoms with van der Waals surface area (Å²) in [5.41, 5.74) is 7.32. The zero-order valence-electron chi connectivity index (χ0n) is 30.2. The van der Waals surface area contributed by atoms with Crippen LogP contribution in [-0.4, -0.2) is 8.42 Å². The smallest absolute Gasteiger partial charge is 0.207 e. The molecule has 3 aromatic rings. The molecule has 0 saturated carbocycles. The van der Waals surface area contributed by atoms with Crippen LogP contribution in [0.5, 0.6) is 0 Å². The second-order valence-electron chi connectivity index (χ2n) is 15.1. The van der Waals surface area contributed by atoms with Gasteiger partial charge in [0.2, 0.25) is 0 Å². The van der Waals surface area contributed by atoms with Gasteiger partial charge in [0.1, 0.15) is 0 Å². The van der Waals surface area contributed by atoms with Gasteiger partial charge in [0.05, 0.1) is 14.9 Å². The van der Waals surface area contributed by atoms with E-state index in [1.54, 1.807) is 35.4 Å². The lowest BCUT2D eigenvalue weighted by molar-refractivity contribution is 0.587. The summed E-state index contributed by atoms with van der Waals surface area (Å²) in [6.45, 7) is 30.2. The molecule has 0 bridgehead atoms. The predicted octanol–water partition coefficient (Wildman–Crippen LogP) is 16.4. The Morgan fingerprint density at radius 3 is 0.776 bits per heavy atom. The van der Waals surface area contributed by atoms with Crippen LogP contribution in [0.25, 0.3) is 0 Å². The van der Waals surface area contributed by atoms with E-state index in [9.17, 15) is 8.42 Å². The molecule has 0 aliphatic rings. The molecule has 0 aliphatic heterocycles. The third-order valence-corrected chi connectivity index (χ3v) is 15.3. The first-order chi connectivity index (χ1) is 21.4. The first-order valence-electron chi connectivity index (χ1n) is 15.2. The Hall–Kier alpha value is 0.340. The van der Waals surface area contributed by atoms with E-state index in [0.29, 0.717) is 21.2 Å². The Bertz CT molecular complexity index is 1690. The van der Waals surface area contributed by atoms with Crippen molar-refractivity contribution < 1.29 is 8.42 Å². The SMILES string of the molecule is C.Cc1c(Cl)c(C(C)(C)C)c(Cl)c(C)c1S(=O)(=O)Cl.Cc1c(Cl)c(C(C)(C)C)c(Cl)c(C)c1SSc1c(C)c(Cl)c(C(C)(C)C)c(Cl)c1C. The molecule has 0 amide bonds. The minimum Gasteiger partial charge on any atom is -0.207 e. The van der Waals surface area contributed by atoms with Gasteiger partial charge in [0.25, 0.3) is 9.05 Å². The second kappa shape index (κ2) is 16.8. The maximum absolute atomic E-state index is 11.6. The van der Waals surface area contributed by atoms with Crippen molar-refractivity contribution in [2.45, 2.75) is 142 Å². The molecule has 0 saturated heterocycles. The van der Waals surface area contributed by atoms with Crippen molar-refractivity contribution in [1.82, 2.24) is 0 Å². The summed E-state index contributed by atoms with van der Waals surface area (Å²) in [4.78, 5) is 2.19. The highest BCUT2D eigenvalue weighted by Crippen LogP contribution is 2.52. The normalized spacial score (nSPS) is 12.4. The van der Waals surface area contributed by atoms with Crippen LogP contribution in [0.1, 0.15) is 120 Å². The molecule has 0 atom stereocenters. The van der Waals surface area contributed by atoms with Gasteiger partial charge in [-0.25, -0.2) is 8.42 Å². The first-order valence-corrected chi connectivity index (χ1v) is 21.9. The van der Waals surface area contributed by atoms with Gasteiger partial charge < -0.3 is 0 Å². The van der Waals surface area contributed by atoms with Gasteiger partial charge in [-0.15, -0.1) is 0 Å². The number of halogens is 7. The molecule has 0 radical (unpaired) electrons. The molecular formula is C37H49Cl7O2S3. The standard InChI is InChI=1S/C24H30Cl4S2.C12H15Cl3O2S.CH4/c1-11-17(25)15(23(5,6)7)18(26)12(2)21(11)29-30-22-13(3)19(27)16(24(8,9)10)20(28)14(22)4;1-6-9(13)8(12(3,4)5)10(14)7(2)11(6)18(15,16)17;/h1-10H3;1-5H3;1H4. The van der Waals surface area contributed by atoms with Crippen LogP contribution in [0.3, 0.4) is 0 Å². The monoisotopic (exact) mass is 866 g/mol. The Labute approximate surface area is 338 Å². The van der Waals surface area contributed by atoms with Gasteiger partial charge in [0, 0.05) is 40.6 Å². The lowest BCUT2D eigenvalue weighted by Crippen LogP contribution is -2.16. The molecule has 0 aromatic heterocycles. The number of hydrogen-bond acceptors (Lipinski definition) is 4. The molecule has 0 aliphatic carbocycles. The van der Waals surface area contributed by atoms with Gasteiger partial charge in [-0.3, -0.25) is 0 Å². The highest BCUT2D eigenvalue weighted by atomic mass is 35.7. The average molecular weight is 870 g/mol. The maximum atomic E-state index is 11.6. The Morgan fingerprint density at radius 2 is 0.612 bits per heavy atom. The molecule has 0 N–H and O–H groups in total. The van der Waals surface area contributed by atoms with Crippen molar-refractivity contribution in [3.8, 4) is 0 Å². The van der Waals surface area contributed by atoms with E-state index in [4.69, 9.17) is 80.3 Å². The lowest BCUT2D eigenvalue weighted by Gasteiger charge is -2.27. The number of rotatable bonds is 4. The zero-order valence-corrected chi connectivity index (χ0v) is 37.9. The van der Waals surface area contributed by atoms with Crippen molar-refractivity contribution in [2.75, 3.05) is 0 Å². The highest BCUT2D eigenvalue weighted by Gasteiger charge is 2.31. The molecule has 2 nitrogen and oxygen atoms in total. The molecular weight excluding hydrogens is 821 g/mol. The molecule has 0 fully saturated rings. The van der Waals surface area contributed by atoms with Crippen LogP contribution in [0, 0.1) is 41.5 Å². The van der Waals surface area contributed by atoms with Crippen molar-refractivity contribution in [3.05, 3.63) is 80.2 Å². The topological polar surface area (TPSA) is 34.1 Å². The average Bonchev–Trinajstić information content (AvgIpc) is 2.89. The predicted molar refractivity (Wildman–Crippen MR) is 225 cm³/mol. The van der Waals surface area contributed by atoms with Crippen molar-refractivity contribution in [1.29, 1.82) is 0 Å². The molecule has 3 rings (SSSR count). The summed E-state index contributed by atoms with van der Waals surface area (Å²) in [5.74, 6) is 0. The third kappa shape index (κ3) is 10.1. The van der Waals surface area contributed by atoms with E-state index in [0.717, 1.165) is 68.8 Å². The van der Waals surface area contributed by atoms with Crippen LogP contribution in [0.4, 0.5) is 0 Å². The summed E-state index contributed by atoms with van der Waals surface area (Å²) in [6.07, 6.45) is 0. The highest BCUT2D eigenvalue weighted by molar-refractivity contribution is 8.76. The summed E-state index contributed by atoms with van der Waals surface area (Å²) in [7, 11) is 4.89. The maximum Gasteiger partial charge on any atom is 0.261 e. The second-order valence-corrected chi connectivity index (χ2v) is 22.0. The first kappa shape index (κ1) is 47.4. The molecule has 49 heavy (non-hydrogen) atoms. The van der Waals surface area contributed by atoms with E-state index in [1.807, 2.05) is 20.8 Å². The van der Waals surface area contributed by atoms with Gasteiger partial charge in [-0.05, 0) is 108 Å². The van der Waals surface area contributed by atoms with E-state index in [1.165, 1.54) is 0 Å². The molecule has 12 heteroatoms. The van der Waals surface area contributed by atoms with E-state index < -0.39 is 9.05 Å². The van der Waals surface area contributed by atoms with Crippen molar-refractivity contribution in [3.63, 3.8) is 0 Å². The lowest BCUT2D eigenvalue weighted by atomic mass is 9.85. The molecule has 3 aromatic carbocycles. The summed E-state index contributed by atoms with van der Waals surface area (Å²) in [6, 6.07) is 0. The Balaban J connectivity index is 0.000000542. The van der Waals surface area contributed by atoms with Gasteiger partial charge in [0.15, 0.2) is 0 Å². The third-order valence-electron chi connectivity index (χ3n) is 8.04. The molecule has 0 spiro atoms. The number of hydrogen-bond donors (Lipinski definition) is 0. The van der Waals surface area contributed by atoms with Gasteiger partial charge >= 0.3 is 0 Å². The fraction of sp³-hybridized carbons (Fsp3) is 0.514. The van der Waals surface area contributed by atoms with Crippen LogP contribution in [-0.2, 0) is 25.3 Å². The van der Waals surface area contributed by atoms with Crippen molar-refractivity contribution >= 4 is 111 Å². The van der Waals surface area contributed by atoms with Crippen LogP contribution < -0.4 is 0 Å². The Morgan fingerprint density at radius 1 is 0.429 bits per heavy atom. The summed E-state index contributed by atoms with van der Waals surface area (Å²) >= 11 is 39.6. The van der Waals surface area contributed by atoms with Gasteiger partial charge in [-0.1, -0.05) is 161 Å². The zero-order chi connectivity index (χ0) is 37.8. The fourth-order valence-electron chi connectivity index (χ4n) is 5.53. The molecule has 0 heterocycles. The molecule has 276 valence electrons. The fourth-order valence-corrected chi connectivity index (χ4v) is 13.6. The van der Waals surface area contributed by atoms with E-state index >= 15 is 0 Å². The minimum atomic E-state index is -3.87. The van der Waals surface area contributed by atoms with Crippen LogP contribution in [0.2, 0.25) is 30.1 Å². The van der Waals surface area contributed by atoms with Crippen LogP contribution in [0.15, 0.2) is 14.7 Å². The van der Waals surface area contributed by atoms with E-state index in [2.05, 4.69) is 69.2 Å². The molecule has 0 unspecified atom stereocenters. The quantitative estimate of drug-likeness (QED) is 0.193. The largest absolute Gasteiger partial charge is 0.261 e. The van der Waals surface area contributed by atoms with Gasteiger partial charge in [-0.2, -0.15) is 0 Å².